The molecule has 1 fully saturated rings. The van der Waals surface area contributed by atoms with Crippen molar-refractivity contribution >= 4 is 17.5 Å². The van der Waals surface area contributed by atoms with Gasteiger partial charge in [-0.1, -0.05) is 0 Å². The molecule has 5 N–H and O–H groups in total. The summed E-state index contributed by atoms with van der Waals surface area (Å²) in [5.74, 6) is 0.755. The average molecular weight is 241 g/mol. The first kappa shape index (κ1) is 11.7. The van der Waals surface area contributed by atoms with Gasteiger partial charge in [-0.25, -0.2) is 0 Å². The van der Waals surface area contributed by atoms with Crippen LogP contribution in [-0.4, -0.2) is 48.1 Å². The maximum absolute atomic E-state index is 11.2. The predicted molar refractivity (Wildman–Crippen MR) is 63.0 cm³/mol. The highest BCUT2D eigenvalue weighted by Crippen LogP contribution is 2.23. The Labute approximate surface area is 97.4 Å². The molecular weight excluding hydrogens is 226 g/mol. The van der Waals surface area contributed by atoms with E-state index in [9.17, 15) is 4.79 Å². The highest BCUT2D eigenvalue weighted by molar-refractivity contribution is 5.70. The van der Waals surface area contributed by atoms with Gasteiger partial charge >= 0.3 is 0 Å². The maximum atomic E-state index is 11.2. The number of aromatic amines is 1. The Balaban J connectivity index is 0.000000181. The molecule has 1 aromatic heterocycles. The second-order valence-corrected chi connectivity index (χ2v) is 3.82. The van der Waals surface area contributed by atoms with E-state index in [4.69, 9.17) is 10.8 Å². The summed E-state index contributed by atoms with van der Waals surface area (Å²) in [6, 6.07) is 0. The molecule has 3 rings (SSSR count). The Bertz CT molecular complexity index is 456. The first-order valence-corrected chi connectivity index (χ1v) is 5.19. The minimum Gasteiger partial charge on any atom is -0.394 e. The van der Waals surface area contributed by atoms with Crippen molar-refractivity contribution in [3.63, 3.8) is 0 Å². The summed E-state index contributed by atoms with van der Waals surface area (Å²) in [5, 5.41) is 11.0. The fraction of sp³-hybridized carbons (Fsp3) is 0.556. The number of nitrogens with zero attached hydrogens (tertiary/aromatic N) is 2. The monoisotopic (exact) mass is 241 g/mol. The van der Waals surface area contributed by atoms with E-state index in [1.165, 1.54) is 0 Å². The van der Waals surface area contributed by atoms with Crippen LogP contribution in [-0.2, 0) is 4.74 Å². The molecule has 8 heteroatoms. The van der Waals surface area contributed by atoms with Gasteiger partial charge in [-0.15, -0.1) is 0 Å². The second kappa shape index (κ2) is 4.60. The van der Waals surface area contributed by atoms with Crippen molar-refractivity contribution in [1.29, 1.82) is 0 Å². The lowest BCUT2D eigenvalue weighted by Gasteiger charge is -2.07. The third kappa shape index (κ3) is 2.66. The Hall–Kier alpha value is -1.80. The van der Waals surface area contributed by atoms with Crippen LogP contribution >= 0.6 is 0 Å². The van der Waals surface area contributed by atoms with Gasteiger partial charge < -0.3 is 25.8 Å². The number of epoxide rings is 1. The van der Waals surface area contributed by atoms with E-state index >= 15 is 0 Å². The number of fused-ring (bicyclic) bond motifs is 1. The van der Waals surface area contributed by atoms with Crippen molar-refractivity contribution in [2.45, 2.75) is 6.10 Å². The summed E-state index contributed by atoms with van der Waals surface area (Å²) in [4.78, 5) is 19.4. The number of hydrogen-bond donors (Lipinski definition) is 4. The number of H-pyrrole nitrogens is 1. The van der Waals surface area contributed by atoms with Gasteiger partial charge in [-0.05, 0) is 0 Å². The lowest BCUT2D eigenvalue weighted by molar-refractivity contribution is 0.244. The van der Waals surface area contributed by atoms with Crippen LogP contribution in [0.15, 0.2) is 4.79 Å². The Kier molecular flexibility index (Phi) is 3.16. The minimum absolute atomic E-state index is 0.148. The SMILES string of the molecule is CN1CNc2c1nc(N)[nH]c2=O.OCC1CO1. The fourth-order valence-corrected chi connectivity index (χ4v) is 1.36. The first-order valence-electron chi connectivity index (χ1n) is 5.19. The van der Waals surface area contributed by atoms with E-state index in [0.29, 0.717) is 18.2 Å². The van der Waals surface area contributed by atoms with Crippen molar-refractivity contribution in [2.24, 2.45) is 0 Å². The van der Waals surface area contributed by atoms with E-state index < -0.39 is 0 Å². The number of nitrogens with one attached hydrogen (secondary N) is 2. The molecule has 0 saturated carbocycles. The fourth-order valence-electron chi connectivity index (χ4n) is 1.36. The molecule has 0 spiro atoms. The molecule has 1 unspecified atom stereocenters. The minimum atomic E-state index is -0.221. The number of anilines is 3. The standard InChI is InChI=1S/C6H9N5O.C3H6O2/c1-11-2-8-3-4(11)9-6(7)10-5(3)12;4-1-3-2-5-3/h8H,2H2,1H3,(H3,7,9,10,12);3-4H,1-2H2. The summed E-state index contributed by atoms with van der Waals surface area (Å²) in [6.07, 6.45) is 0.190. The lowest BCUT2D eigenvalue weighted by Crippen LogP contribution is -2.17. The number of hydrogen-bond acceptors (Lipinski definition) is 7. The van der Waals surface area contributed by atoms with E-state index in [2.05, 4.69) is 20.0 Å². The molecule has 8 nitrogen and oxygen atoms in total. The van der Waals surface area contributed by atoms with Crippen molar-refractivity contribution in [3.05, 3.63) is 10.4 Å². The molecule has 17 heavy (non-hydrogen) atoms. The molecule has 1 aromatic rings. The van der Waals surface area contributed by atoms with Gasteiger partial charge in [0, 0.05) is 7.05 Å². The molecule has 1 atom stereocenters. The predicted octanol–water partition coefficient (Wildman–Crippen LogP) is -1.45. The van der Waals surface area contributed by atoms with Crippen LogP contribution in [0, 0.1) is 0 Å². The van der Waals surface area contributed by atoms with Crippen molar-refractivity contribution in [3.8, 4) is 0 Å². The van der Waals surface area contributed by atoms with Gasteiger partial charge in [0.2, 0.25) is 5.95 Å². The lowest BCUT2D eigenvalue weighted by atomic mass is 10.5. The summed E-state index contributed by atoms with van der Waals surface area (Å²) >= 11 is 0. The third-order valence-electron chi connectivity index (χ3n) is 2.38. The maximum Gasteiger partial charge on any atom is 0.277 e. The average Bonchev–Trinajstić information content (AvgIpc) is 3.05. The molecule has 0 amide bonds. The number of ether oxygens (including phenoxy) is 1. The summed E-state index contributed by atoms with van der Waals surface area (Å²) in [7, 11) is 1.84. The first-order chi connectivity index (χ1) is 8.11. The van der Waals surface area contributed by atoms with Crippen LogP contribution in [0.4, 0.5) is 17.5 Å². The van der Waals surface area contributed by atoms with Crippen LogP contribution in [0.2, 0.25) is 0 Å². The van der Waals surface area contributed by atoms with Crippen LogP contribution in [0.1, 0.15) is 0 Å². The van der Waals surface area contributed by atoms with Crippen LogP contribution in [0.5, 0.6) is 0 Å². The van der Waals surface area contributed by atoms with Gasteiger partial charge in [0.25, 0.3) is 5.56 Å². The molecule has 3 heterocycles. The summed E-state index contributed by atoms with van der Waals surface area (Å²) < 4.78 is 4.61. The topological polar surface area (TPSA) is 120 Å². The van der Waals surface area contributed by atoms with E-state index in [0.717, 1.165) is 6.61 Å². The summed E-state index contributed by atoms with van der Waals surface area (Å²) in [6.45, 7) is 1.55. The zero-order valence-electron chi connectivity index (χ0n) is 9.43. The number of nitrogen functional groups attached to an aromatic ring is 1. The molecule has 0 aromatic carbocycles. The Morgan fingerprint density at radius 2 is 2.41 bits per heavy atom. The highest BCUT2D eigenvalue weighted by Gasteiger charge is 2.20. The number of aliphatic hydroxyl groups is 1. The van der Waals surface area contributed by atoms with Gasteiger partial charge in [0.15, 0.2) is 5.82 Å². The molecule has 0 radical (unpaired) electrons. The van der Waals surface area contributed by atoms with Gasteiger partial charge in [0.1, 0.15) is 11.8 Å². The van der Waals surface area contributed by atoms with Gasteiger partial charge in [-0.3, -0.25) is 9.78 Å². The van der Waals surface area contributed by atoms with Gasteiger partial charge in [-0.2, -0.15) is 4.98 Å². The molecule has 2 aliphatic heterocycles. The van der Waals surface area contributed by atoms with Crippen molar-refractivity contribution in [1.82, 2.24) is 9.97 Å². The molecule has 0 bridgehead atoms. The van der Waals surface area contributed by atoms with Crippen molar-refractivity contribution < 1.29 is 9.84 Å². The van der Waals surface area contributed by atoms with Crippen LogP contribution in [0.3, 0.4) is 0 Å². The zero-order valence-corrected chi connectivity index (χ0v) is 9.43. The summed E-state index contributed by atoms with van der Waals surface area (Å²) in [5.41, 5.74) is 5.64. The highest BCUT2D eigenvalue weighted by atomic mass is 16.6. The molecule has 94 valence electrons. The quantitative estimate of drug-likeness (QED) is 0.444. The van der Waals surface area contributed by atoms with Crippen LogP contribution < -0.4 is 21.5 Å². The van der Waals surface area contributed by atoms with E-state index in [-0.39, 0.29) is 24.2 Å². The normalized spacial score (nSPS) is 20.1. The van der Waals surface area contributed by atoms with Crippen molar-refractivity contribution in [2.75, 3.05) is 42.9 Å². The van der Waals surface area contributed by atoms with Gasteiger partial charge in [0.05, 0.1) is 19.9 Å². The largest absolute Gasteiger partial charge is 0.394 e. The molecule has 0 aliphatic carbocycles. The molecule has 2 aliphatic rings. The number of aliphatic hydroxyl groups excluding tert-OH is 1. The smallest absolute Gasteiger partial charge is 0.277 e. The number of rotatable bonds is 1. The van der Waals surface area contributed by atoms with E-state index in [1.807, 2.05) is 11.9 Å². The van der Waals surface area contributed by atoms with Crippen LogP contribution in [0.25, 0.3) is 0 Å². The third-order valence-corrected chi connectivity index (χ3v) is 2.38. The molecular formula is C9H15N5O3. The number of aromatic nitrogens is 2. The molecule has 1 saturated heterocycles. The zero-order chi connectivity index (χ0) is 12.4. The van der Waals surface area contributed by atoms with E-state index in [1.54, 1.807) is 0 Å². The Morgan fingerprint density at radius 1 is 1.71 bits per heavy atom. The Morgan fingerprint density at radius 3 is 2.94 bits per heavy atom. The number of nitrogens with two attached hydrogens (primary N) is 1. The second-order valence-electron chi connectivity index (χ2n) is 3.82.